The first-order chi connectivity index (χ1) is 18.4. The molecule has 2 aromatic rings. The maximum atomic E-state index is 14.6. The predicted molar refractivity (Wildman–Crippen MR) is 160 cm³/mol. The van der Waals surface area contributed by atoms with Crippen LogP contribution >= 0.6 is 0 Å². The smallest absolute Gasteiger partial charge is 0.341 e. The highest BCUT2D eigenvalue weighted by Crippen LogP contribution is 2.38. The minimum atomic E-state index is -1.55. The number of alkyl halides is 1. The molecule has 2 aromatic heterocycles. The van der Waals surface area contributed by atoms with Crippen molar-refractivity contribution in [3.05, 3.63) is 24.0 Å². The maximum Gasteiger partial charge on any atom is 0.341 e. The van der Waals surface area contributed by atoms with Gasteiger partial charge in [0.05, 0.1) is 12.8 Å². The van der Waals surface area contributed by atoms with Crippen molar-refractivity contribution in [1.82, 2.24) is 14.6 Å². The fourth-order valence-electron chi connectivity index (χ4n) is 4.75. The van der Waals surface area contributed by atoms with Crippen molar-refractivity contribution < 1.29 is 23.4 Å². The number of hydrogen-bond acceptors (Lipinski definition) is 7. The minimum Gasteiger partial charge on any atom is -0.464 e. The Morgan fingerprint density at radius 2 is 1.64 bits per heavy atom. The molecule has 1 aliphatic rings. The summed E-state index contributed by atoms with van der Waals surface area (Å²) in [7, 11) is -2.41. The molecule has 2 heterocycles. The summed E-state index contributed by atoms with van der Waals surface area (Å²) in [5, 5.41) is 4.55. The summed E-state index contributed by atoms with van der Waals surface area (Å²) in [4.78, 5) is 18.9. The Kier molecular flexibility index (Phi) is 11.5. The van der Waals surface area contributed by atoms with Crippen LogP contribution in [-0.4, -0.2) is 76.2 Å². The average Bonchev–Trinajstić information content (AvgIpc) is 3.35. The van der Waals surface area contributed by atoms with Crippen LogP contribution in [-0.2, 0) is 19.0 Å². The van der Waals surface area contributed by atoms with Crippen LogP contribution in [0, 0.1) is 5.92 Å². The summed E-state index contributed by atoms with van der Waals surface area (Å²) in [6, 6.07) is 6.20. The van der Waals surface area contributed by atoms with Crippen LogP contribution in [0.3, 0.4) is 0 Å². The standard InChI is InChI=1S/C28H49FN4O4Si2/c1-8-37-28(34)27(29)23-11-9-22(10-12-23)24-19-26(33-25(31-24)13-14-30-33)32(20-35-15-17-38(2,3)4)21-36-16-18-39(5,6)7/h13-14,19,22-23,27H,8-12,15-18,20-21H2,1-7H3/t22-,23+,27?. The molecule has 0 radical (unpaired) electrons. The van der Waals surface area contributed by atoms with Gasteiger partial charge < -0.3 is 19.1 Å². The first-order valence-corrected chi connectivity index (χ1v) is 21.8. The number of hydrogen-bond donors (Lipinski definition) is 0. The quantitative estimate of drug-likeness (QED) is 0.105. The summed E-state index contributed by atoms with van der Waals surface area (Å²) < 4.78 is 33.7. The van der Waals surface area contributed by atoms with Gasteiger partial charge in [0.2, 0.25) is 0 Å². The molecular weight excluding hydrogens is 532 g/mol. The second-order valence-electron chi connectivity index (χ2n) is 13.1. The van der Waals surface area contributed by atoms with Crippen molar-refractivity contribution in [3.8, 4) is 0 Å². The van der Waals surface area contributed by atoms with Gasteiger partial charge in [-0.1, -0.05) is 39.3 Å². The molecule has 0 aromatic carbocycles. The second kappa shape index (κ2) is 14.2. The number of carbonyl (C=O) groups excluding carboxylic acids is 1. The first-order valence-electron chi connectivity index (χ1n) is 14.4. The molecule has 0 amide bonds. The molecule has 0 bridgehead atoms. The molecule has 0 N–H and O–H groups in total. The van der Waals surface area contributed by atoms with Gasteiger partial charge in [-0.05, 0) is 44.7 Å². The number of fused-ring (bicyclic) bond motifs is 1. The number of halogens is 1. The lowest BCUT2D eigenvalue weighted by atomic mass is 9.78. The lowest BCUT2D eigenvalue weighted by Crippen LogP contribution is -2.33. The number of rotatable bonds is 15. The molecule has 220 valence electrons. The van der Waals surface area contributed by atoms with Crippen molar-refractivity contribution in [2.75, 3.05) is 38.2 Å². The molecular formula is C28H49FN4O4Si2. The molecule has 0 spiro atoms. The van der Waals surface area contributed by atoms with Gasteiger partial charge in [0.1, 0.15) is 19.3 Å². The third-order valence-corrected chi connectivity index (χ3v) is 10.7. The normalized spacial score (nSPS) is 19.3. The molecule has 1 saturated carbocycles. The third kappa shape index (κ3) is 9.95. The zero-order chi connectivity index (χ0) is 28.6. The van der Waals surface area contributed by atoms with Crippen LogP contribution in [0.25, 0.3) is 5.65 Å². The van der Waals surface area contributed by atoms with Gasteiger partial charge in [-0.25, -0.2) is 14.2 Å². The Hall–Kier alpha value is -1.83. The van der Waals surface area contributed by atoms with E-state index < -0.39 is 28.3 Å². The van der Waals surface area contributed by atoms with E-state index in [-0.39, 0.29) is 18.4 Å². The van der Waals surface area contributed by atoms with Crippen LogP contribution < -0.4 is 4.90 Å². The van der Waals surface area contributed by atoms with Crippen molar-refractivity contribution >= 4 is 33.6 Å². The van der Waals surface area contributed by atoms with Crippen LogP contribution in [0.4, 0.5) is 10.2 Å². The van der Waals surface area contributed by atoms with E-state index in [9.17, 15) is 9.18 Å². The zero-order valence-electron chi connectivity index (χ0n) is 25.0. The van der Waals surface area contributed by atoms with Gasteiger partial charge in [0, 0.05) is 59.0 Å². The van der Waals surface area contributed by atoms with E-state index in [1.807, 2.05) is 10.6 Å². The molecule has 1 atom stereocenters. The minimum absolute atomic E-state index is 0.191. The summed E-state index contributed by atoms with van der Waals surface area (Å²) in [5.41, 5.74) is 1.74. The van der Waals surface area contributed by atoms with Gasteiger partial charge in [0.25, 0.3) is 0 Å². The zero-order valence-corrected chi connectivity index (χ0v) is 27.0. The van der Waals surface area contributed by atoms with E-state index in [0.717, 1.165) is 55.3 Å². The highest BCUT2D eigenvalue weighted by atomic mass is 28.3. The average molecular weight is 581 g/mol. The number of carbonyl (C=O) groups is 1. The van der Waals surface area contributed by atoms with E-state index in [0.29, 0.717) is 26.3 Å². The van der Waals surface area contributed by atoms with Gasteiger partial charge in [-0.15, -0.1) is 0 Å². The van der Waals surface area contributed by atoms with E-state index in [1.54, 1.807) is 13.1 Å². The van der Waals surface area contributed by atoms with Crippen LogP contribution in [0.15, 0.2) is 18.3 Å². The Balaban J connectivity index is 1.76. The number of nitrogens with zero attached hydrogens (tertiary/aromatic N) is 4. The number of esters is 1. The van der Waals surface area contributed by atoms with E-state index in [1.165, 1.54) is 0 Å². The fourth-order valence-corrected chi connectivity index (χ4v) is 6.26. The summed E-state index contributed by atoms with van der Waals surface area (Å²) in [6.45, 7) is 18.3. The summed E-state index contributed by atoms with van der Waals surface area (Å²) in [6.07, 6.45) is 3.03. The SMILES string of the molecule is CCOC(=O)C(F)[C@H]1CC[C@@H](c2cc(N(COCC[Si](C)(C)C)COCC[Si](C)(C)C)n3nccc3n2)CC1. The maximum absolute atomic E-state index is 14.6. The molecule has 3 rings (SSSR count). The number of aromatic nitrogens is 3. The van der Waals surface area contributed by atoms with E-state index >= 15 is 0 Å². The van der Waals surface area contributed by atoms with Crippen LogP contribution in [0.1, 0.15) is 44.2 Å². The van der Waals surface area contributed by atoms with Gasteiger partial charge in [-0.3, -0.25) is 0 Å². The van der Waals surface area contributed by atoms with E-state index in [2.05, 4.69) is 55.3 Å². The highest BCUT2D eigenvalue weighted by molar-refractivity contribution is 6.76. The van der Waals surface area contributed by atoms with Crippen molar-refractivity contribution in [1.29, 1.82) is 0 Å². The van der Waals surface area contributed by atoms with Gasteiger partial charge in [0.15, 0.2) is 11.8 Å². The molecule has 8 nitrogen and oxygen atoms in total. The van der Waals surface area contributed by atoms with Crippen molar-refractivity contribution in [2.24, 2.45) is 5.92 Å². The van der Waals surface area contributed by atoms with Crippen LogP contribution in [0.2, 0.25) is 51.4 Å². The topological polar surface area (TPSA) is 78.2 Å². The molecule has 0 saturated heterocycles. The Labute approximate surface area is 235 Å². The summed E-state index contributed by atoms with van der Waals surface area (Å²) in [5.74, 6) is 0.0465. The predicted octanol–water partition coefficient (Wildman–Crippen LogP) is 6.34. The van der Waals surface area contributed by atoms with E-state index in [4.69, 9.17) is 19.2 Å². The van der Waals surface area contributed by atoms with Crippen molar-refractivity contribution in [3.63, 3.8) is 0 Å². The number of anilines is 1. The monoisotopic (exact) mass is 580 g/mol. The van der Waals surface area contributed by atoms with Crippen molar-refractivity contribution in [2.45, 2.75) is 96.1 Å². The second-order valence-corrected chi connectivity index (χ2v) is 24.4. The molecule has 1 aliphatic carbocycles. The molecule has 0 aliphatic heterocycles. The molecule has 1 fully saturated rings. The summed E-state index contributed by atoms with van der Waals surface area (Å²) >= 11 is 0. The number of ether oxygens (including phenoxy) is 3. The lowest BCUT2D eigenvalue weighted by Gasteiger charge is -2.30. The first kappa shape index (κ1) is 31.7. The van der Waals surface area contributed by atoms with Gasteiger partial charge >= 0.3 is 5.97 Å². The largest absolute Gasteiger partial charge is 0.464 e. The highest BCUT2D eigenvalue weighted by Gasteiger charge is 2.34. The Morgan fingerprint density at radius 1 is 1.05 bits per heavy atom. The Bertz CT molecular complexity index is 1030. The Morgan fingerprint density at radius 3 is 2.18 bits per heavy atom. The van der Waals surface area contributed by atoms with Crippen LogP contribution in [0.5, 0.6) is 0 Å². The van der Waals surface area contributed by atoms with Gasteiger partial charge in [-0.2, -0.15) is 9.61 Å². The fraction of sp³-hybridized carbons (Fsp3) is 0.750. The molecule has 39 heavy (non-hydrogen) atoms. The third-order valence-electron chi connectivity index (χ3n) is 7.29. The lowest BCUT2D eigenvalue weighted by molar-refractivity contribution is -0.151. The molecule has 11 heteroatoms. The molecule has 1 unspecified atom stereocenters.